The van der Waals surface area contributed by atoms with Crippen LogP contribution in [0.15, 0.2) is 48.7 Å². The minimum Gasteiger partial charge on any atom is -0.358 e. The van der Waals surface area contributed by atoms with Gasteiger partial charge in [-0.3, -0.25) is 14.4 Å². The summed E-state index contributed by atoms with van der Waals surface area (Å²) in [7, 11) is 0. The molecule has 0 saturated carbocycles. The molecular formula is C27H27FN4O3. The van der Waals surface area contributed by atoms with Crippen LogP contribution < -0.4 is 5.32 Å². The number of nitrogens with zero attached hydrogens (tertiary/aromatic N) is 2. The summed E-state index contributed by atoms with van der Waals surface area (Å²) in [6, 6.07) is 13.5. The molecule has 7 nitrogen and oxygen atoms in total. The van der Waals surface area contributed by atoms with Crippen molar-refractivity contribution >= 4 is 23.4 Å². The van der Waals surface area contributed by atoms with Crippen LogP contribution in [0.1, 0.15) is 47.4 Å². The van der Waals surface area contributed by atoms with Crippen molar-refractivity contribution in [3.05, 3.63) is 71.0 Å². The molecule has 5 rings (SSSR count). The zero-order chi connectivity index (χ0) is 24.7. The molecule has 1 aromatic carbocycles. The highest BCUT2D eigenvalue weighted by molar-refractivity contribution is 6.05. The van der Waals surface area contributed by atoms with Gasteiger partial charge in [-0.2, -0.15) is 0 Å². The molecule has 3 heterocycles. The smallest absolute Gasteiger partial charge is 0.229 e. The summed E-state index contributed by atoms with van der Waals surface area (Å²) in [5, 5.41) is 2.70. The number of benzene rings is 1. The van der Waals surface area contributed by atoms with Crippen LogP contribution in [0, 0.1) is 5.41 Å². The second-order valence-electron chi connectivity index (χ2n) is 9.75. The summed E-state index contributed by atoms with van der Waals surface area (Å²) in [5.74, 6) is -0.0824. The zero-order valence-electron chi connectivity index (χ0n) is 19.7. The van der Waals surface area contributed by atoms with Crippen LogP contribution in [0.25, 0.3) is 11.3 Å². The van der Waals surface area contributed by atoms with Crippen molar-refractivity contribution in [3.63, 3.8) is 0 Å². The molecule has 1 fully saturated rings. The van der Waals surface area contributed by atoms with Crippen molar-refractivity contribution in [2.75, 3.05) is 18.4 Å². The summed E-state index contributed by atoms with van der Waals surface area (Å²) in [6.07, 6.45) is 1.60. The molecular weight excluding hydrogens is 447 g/mol. The molecule has 0 bridgehead atoms. The van der Waals surface area contributed by atoms with Gasteiger partial charge in [0.1, 0.15) is 12.0 Å². The lowest BCUT2D eigenvalue weighted by Crippen LogP contribution is -2.57. The van der Waals surface area contributed by atoms with Gasteiger partial charge in [-0.05, 0) is 30.2 Å². The SMILES string of the molecule is CC(=O)Nc1cc(-c2[nH]c3c(c2Cc2ccccc2)C(=O)CC(C)(C(=O)N2CC(F)C2)C3)ccn1. The van der Waals surface area contributed by atoms with Gasteiger partial charge in [0.25, 0.3) is 0 Å². The number of aromatic nitrogens is 2. The van der Waals surface area contributed by atoms with E-state index in [1.807, 2.05) is 36.4 Å². The lowest BCUT2D eigenvalue weighted by Gasteiger charge is -2.42. The van der Waals surface area contributed by atoms with Gasteiger partial charge in [0.2, 0.25) is 11.8 Å². The Bertz CT molecular complexity index is 1310. The molecule has 1 aliphatic carbocycles. The highest BCUT2D eigenvalue weighted by Crippen LogP contribution is 2.42. The number of likely N-dealkylation sites (tertiary alicyclic amines) is 1. The number of nitrogens with one attached hydrogen (secondary N) is 2. The predicted octanol–water partition coefficient (Wildman–Crippen LogP) is 3.94. The maximum Gasteiger partial charge on any atom is 0.229 e. The second kappa shape index (κ2) is 8.76. The van der Waals surface area contributed by atoms with Gasteiger partial charge >= 0.3 is 0 Å². The Labute approximate surface area is 202 Å². The number of rotatable bonds is 5. The molecule has 2 N–H and O–H groups in total. The number of aromatic amines is 1. The topological polar surface area (TPSA) is 95.2 Å². The molecule has 0 radical (unpaired) electrons. The first-order valence-electron chi connectivity index (χ1n) is 11.7. The second-order valence-corrected chi connectivity index (χ2v) is 9.75. The number of anilines is 1. The maximum absolute atomic E-state index is 13.5. The predicted molar refractivity (Wildman–Crippen MR) is 130 cm³/mol. The third-order valence-electron chi connectivity index (χ3n) is 6.79. The third kappa shape index (κ3) is 4.36. The van der Waals surface area contributed by atoms with Crippen LogP contribution in [-0.4, -0.2) is 51.7 Å². The van der Waals surface area contributed by atoms with Crippen molar-refractivity contribution in [2.24, 2.45) is 5.41 Å². The third-order valence-corrected chi connectivity index (χ3v) is 6.79. The lowest BCUT2D eigenvalue weighted by molar-refractivity contribution is -0.148. The van der Waals surface area contributed by atoms with E-state index in [1.165, 1.54) is 11.8 Å². The summed E-state index contributed by atoms with van der Waals surface area (Å²) >= 11 is 0. The Morgan fingerprint density at radius 1 is 1.20 bits per heavy atom. The van der Waals surface area contributed by atoms with Crippen LogP contribution in [0.4, 0.5) is 10.2 Å². The number of amides is 2. The molecule has 1 unspecified atom stereocenters. The van der Waals surface area contributed by atoms with Crippen molar-refractivity contribution in [1.82, 2.24) is 14.9 Å². The van der Waals surface area contributed by atoms with E-state index in [9.17, 15) is 18.8 Å². The molecule has 2 amide bonds. The van der Waals surface area contributed by atoms with Gasteiger partial charge in [-0.25, -0.2) is 9.37 Å². The van der Waals surface area contributed by atoms with E-state index in [1.54, 1.807) is 19.2 Å². The molecule has 1 saturated heterocycles. The van der Waals surface area contributed by atoms with Crippen molar-refractivity contribution in [3.8, 4) is 11.3 Å². The fraction of sp³-hybridized carbons (Fsp3) is 0.333. The standard InChI is InChI=1S/C27H27FN4O3/c1-16(33)30-23-11-18(8-9-29-23)25-20(10-17-6-4-3-5-7-17)24-21(31-25)12-27(2,13-22(24)34)26(35)32-14-19(28)15-32/h3-9,11,19,31H,10,12-15H2,1-2H3,(H,29,30,33). The molecule has 2 aliphatic rings. The van der Waals surface area contributed by atoms with Crippen LogP contribution in [-0.2, 0) is 22.4 Å². The summed E-state index contributed by atoms with van der Waals surface area (Å²) in [6.45, 7) is 3.39. The zero-order valence-corrected chi connectivity index (χ0v) is 19.7. The van der Waals surface area contributed by atoms with Gasteiger partial charge in [0, 0.05) is 49.2 Å². The number of H-pyrrole nitrogens is 1. The lowest BCUT2D eigenvalue weighted by atomic mass is 9.72. The van der Waals surface area contributed by atoms with Gasteiger partial charge in [-0.15, -0.1) is 0 Å². The summed E-state index contributed by atoms with van der Waals surface area (Å²) in [4.78, 5) is 47.4. The summed E-state index contributed by atoms with van der Waals surface area (Å²) < 4.78 is 13.4. The van der Waals surface area contributed by atoms with E-state index < -0.39 is 11.6 Å². The number of pyridine rings is 1. The Morgan fingerprint density at radius 3 is 2.63 bits per heavy atom. The number of Topliss-reactive ketones (excluding diaryl/α,β-unsaturated/α-hetero) is 1. The van der Waals surface area contributed by atoms with Gasteiger partial charge in [-0.1, -0.05) is 30.3 Å². The molecule has 1 aliphatic heterocycles. The average Bonchev–Trinajstić information content (AvgIpc) is 3.15. The van der Waals surface area contributed by atoms with E-state index in [2.05, 4.69) is 15.3 Å². The minimum atomic E-state index is -0.989. The number of hydrogen-bond acceptors (Lipinski definition) is 4. The molecule has 180 valence electrons. The number of fused-ring (bicyclic) bond motifs is 1. The Morgan fingerprint density at radius 2 is 1.94 bits per heavy atom. The molecule has 3 aromatic rings. The number of carbonyl (C=O) groups excluding carboxylic acids is 3. The van der Waals surface area contributed by atoms with Gasteiger partial charge in [0.15, 0.2) is 5.78 Å². The maximum atomic E-state index is 13.5. The highest BCUT2D eigenvalue weighted by atomic mass is 19.1. The Kier molecular flexibility index (Phi) is 5.75. The van der Waals surface area contributed by atoms with Crippen molar-refractivity contribution in [2.45, 2.75) is 39.3 Å². The largest absolute Gasteiger partial charge is 0.358 e. The summed E-state index contributed by atoms with van der Waals surface area (Å²) in [5.41, 5.74) is 3.89. The van der Waals surface area contributed by atoms with E-state index >= 15 is 0 Å². The normalized spacial score (nSPS) is 19.7. The Hall–Kier alpha value is -3.81. The number of hydrogen-bond donors (Lipinski definition) is 2. The number of carbonyl (C=O) groups is 3. The Balaban J connectivity index is 1.57. The van der Waals surface area contributed by atoms with Crippen LogP contribution in [0.5, 0.6) is 0 Å². The fourth-order valence-electron chi connectivity index (χ4n) is 5.14. The van der Waals surface area contributed by atoms with Crippen molar-refractivity contribution in [1.29, 1.82) is 0 Å². The monoisotopic (exact) mass is 474 g/mol. The number of alkyl halides is 1. The molecule has 8 heteroatoms. The number of ketones is 1. The van der Waals surface area contributed by atoms with E-state index in [-0.39, 0.29) is 37.1 Å². The fourth-order valence-corrected chi connectivity index (χ4v) is 5.14. The van der Waals surface area contributed by atoms with E-state index in [4.69, 9.17) is 0 Å². The van der Waals surface area contributed by atoms with E-state index in [0.29, 0.717) is 29.9 Å². The highest BCUT2D eigenvalue weighted by Gasteiger charge is 2.47. The van der Waals surface area contributed by atoms with E-state index in [0.717, 1.165) is 22.4 Å². The molecule has 2 aromatic heterocycles. The minimum absolute atomic E-state index is 0.0822. The molecule has 0 spiro atoms. The van der Waals surface area contributed by atoms with Gasteiger partial charge < -0.3 is 15.2 Å². The number of halogens is 1. The van der Waals surface area contributed by atoms with Crippen LogP contribution in [0.2, 0.25) is 0 Å². The van der Waals surface area contributed by atoms with Crippen LogP contribution >= 0.6 is 0 Å². The molecule has 1 atom stereocenters. The van der Waals surface area contributed by atoms with Gasteiger partial charge in [0.05, 0.1) is 24.2 Å². The average molecular weight is 475 g/mol. The first-order chi connectivity index (χ1) is 16.7. The first kappa shape index (κ1) is 23.0. The van der Waals surface area contributed by atoms with Crippen LogP contribution in [0.3, 0.4) is 0 Å². The molecule has 35 heavy (non-hydrogen) atoms. The first-order valence-corrected chi connectivity index (χ1v) is 11.7. The van der Waals surface area contributed by atoms with Crippen molar-refractivity contribution < 1.29 is 18.8 Å². The quantitative estimate of drug-likeness (QED) is 0.586.